The zero-order chi connectivity index (χ0) is 11.4. The highest BCUT2D eigenvalue weighted by Gasteiger charge is 2.02. The minimum atomic E-state index is -0.230. The molecule has 1 heterocycles. The van der Waals surface area contributed by atoms with Crippen LogP contribution in [0.5, 0.6) is 0 Å². The van der Waals surface area contributed by atoms with Crippen molar-refractivity contribution in [3.63, 3.8) is 0 Å². The molecule has 1 rings (SSSR count). The highest BCUT2D eigenvalue weighted by molar-refractivity contribution is 4.85. The van der Waals surface area contributed by atoms with E-state index in [-0.39, 0.29) is 11.2 Å². The van der Waals surface area contributed by atoms with Gasteiger partial charge in [0, 0.05) is 25.9 Å². The molecule has 1 aromatic heterocycles. The van der Waals surface area contributed by atoms with Gasteiger partial charge >= 0.3 is 5.69 Å². The number of nitrogens with zero attached hydrogens (tertiary/aromatic N) is 2. The van der Waals surface area contributed by atoms with Crippen LogP contribution in [0.15, 0.2) is 21.9 Å². The van der Waals surface area contributed by atoms with Crippen LogP contribution >= 0.6 is 0 Å². The molecule has 0 spiro atoms. The predicted octanol–water partition coefficient (Wildman–Crippen LogP) is 0.983. The molecule has 0 radical (unpaired) electrons. The minimum absolute atomic E-state index is 0.207. The molecule has 0 aliphatic rings. The summed E-state index contributed by atoms with van der Waals surface area (Å²) in [7, 11) is 1.65. The monoisotopic (exact) mass is 210 g/mol. The lowest BCUT2D eigenvalue weighted by Crippen LogP contribution is -2.37. The van der Waals surface area contributed by atoms with Gasteiger partial charge in [0.05, 0.1) is 0 Å². The molecule has 84 valence electrons. The van der Waals surface area contributed by atoms with E-state index in [4.69, 9.17) is 0 Å². The van der Waals surface area contributed by atoms with Crippen molar-refractivity contribution in [1.29, 1.82) is 0 Å². The third-order valence-corrected chi connectivity index (χ3v) is 2.40. The molecule has 0 saturated carbocycles. The molecule has 0 atom stereocenters. The van der Waals surface area contributed by atoms with E-state index in [1.54, 1.807) is 7.05 Å². The predicted molar refractivity (Wildman–Crippen MR) is 60.0 cm³/mol. The SMILES string of the molecule is CC(C)CCCn1c(=O)ccn(C)c1=O. The van der Waals surface area contributed by atoms with E-state index in [2.05, 4.69) is 13.8 Å². The van der Waals surface area contributed by atoms with Crippen molar-refractivity contribution in [2.45, 2.75) is 33.2 Å². The van der Waals surface area contributed by atoms with Gasteiger partial charge in [-0.1, -0.05) is 13.8 Å². The van der Waals surface area contributed by atoms with Crippen molar-refractivity contribution in [2.75, 3.05) is 0 Å². The number of rotatable bonds is 4. The van der Waals surface area contributed by atoms with Crippen LogP contribution in [0.25, 0.3) is 0 Å². The van der Waals surface area contributed by atoms with Crippen LogP contribution in [0.1, 0.15) is 26.7 Å². The third kappa shape index (κ3) is 3.08. The van der Waals surface area contributed by atoms with Crippen LogP contribution in [-0.2, 0) is 13.6 Å². The highest BCUT2D eigenvalue weighted by Crippen LogP contribution is 2.03. The molecule has 0 aromatic carbocycles. The lowest BCUT2D eigenvalue weighted by molar-refractivity contribution is 0.487. The Morgan fingerprint density at radius 1 is 1.33 bits per heavy atom. The standard InChI is InChI=1S/C11H18N2O2/c1-9(2)5-4-7-13-10(14)6-8-12(3)11(13)15/h6,8-9H,4-5,7H2,1-3H3. The summed E-state index contributed by atoms with van der Waals surface area (Å²) in [6, 6.07) is 1.43. The summed E-state index contributed by atoms with van der Waals surface area (Å²) in [5.41, 5.74) is -0.437. The van der Waals surface area contributed by atoms with Gasteiger partial charge in [0.25, 0.3) is 5.56 Å². The average molecular weight is 210 g/mol. The highest BCUT2D eigenvalue weighted by atomic mass is 16.2. The van der Waals surface area contributed by atoms with E-state index in [1.807, 2.05) is 0 Å². The largest absolute Gasteiger partial charge is 0.330 e. The van der Waals surface area contributed by atoms with Crippen molar-refractivity contribution in [3.05, 3.63) is 33.1 Å². The van der Waals surface area contributed by atoms with E-state index in [0.29, 0.717) is 12.5 Å². The van der Waals surface area contributed by atoms with Gasteiger partial charge < -0.3 is 4.57 Å². The Morgan fingerprint density at radius 2 is 2.00 bits per heavy atom. The van der Waals surface area contributed by atoms with Crippen molar-refractivity contribution < 1.29 is 0 Å². The molecular formula is C11H18N2O2. The first-order chi connectivity index (χ1) is 7.02. The maximum absolute atomic E-state index is 11.6. The summed E-state index contributed by atoms with van der Waals surface area (Å²) < 4.78 is 2.72. The van der Waals surface area contributed by atoms with Crippen LogP contribution < -0.4 is 11.2 Å². The quantitative estimate of drug-likeness (QED) is 0.743. The normalized spacial score (nSPS) is 10.9. The first kappa shape index (κ1) is 11.8. The van der Waals surface area contributed by atoms with Crippen molar-refractivity contribution in [2.24, 2.45) is 13.0 Å². The molecule has 0 aliphatic carbocycles. The van der Waals surface area contributed by atoms with E-state index in [9.17, 15) is 9.59 Å². The maximum atomic E-state index is 11.6. The van der Waals surface area contributed by atoms with Gasteiger partial charge in [-0.15, -0.1) is 0 Å². The summed E-state index contributed by atoms with van der Waals surface area (Å²) in [6.07, 6.45) is 3.41. The Morgan fingerprint density at radius 3 is 2.60 bits per heavy atom. The molecule has 15 heavy (non-hydrogen) atoms. The Hall–Kier alpha value is -1.32. The Balaban J connectivity index is 2.81. The summed E-state index contributed by atoms with van der Waals surface area (Å²) in [5.74, 6) is 0.605. The summed E-state index contributed by atoms with van der Waals surface area (Å²) >= 11 is 0. The van der Waals surface area contributed by atoms with Crippen LogP contribution in [0.4, 0.5) is 0 Å². The summed E-state index contributed by atoms with van der Waals surface area (Å²) in [4.78, 5) is 23.0. The third-order valence-electron chi connectivity index (χ3n) is 2.40. The molecule has 0 amide bonds. The topological polar surface area (TPSA) is 44.0 Å². The van der Waals surface area contributed by atoms with Gasteiger partial charge in [0.1, 0.15) is 0 Å². The van der Waals surface area contributed by atoms with Crippen LogP contribution in [-0.4, -0.2) is 9.13 Å². The molecule has 1 aromatic rings. The number of hydrogen-bond donors (Lipinski definition) is 0. The molecule has 0 fully saturated rings. The first-order valence-electron chi connectivity index (χ1n) is 5.29. The van der Waals surface area contributed by atoms with Crippen molar-refractivity contribution in [3.8, 4) is 0 Å². The van der Waals surface area contributed by atoms with E-state index < -0.39 is 0 Å². The number of aromatic nitrogens is 2. The van der Waals surface area contributed by atoms with Crippen LogP contribution in [0.3, 0.4) is 0 Å². The Labute approximate surface area is 89.2 Å². The van der Waals surface area contributed by atoms with E-state index >= 15 is 0 Å². The lowest BCUT2D eigenvalue weighted by atomic mass is 10.1. The van der Waals surface area contributed by atoms with E-state index in [1.165, 1.54) is 21.4 Å². The summed E-state index contributed by atoms with van der Waals surface area (Å²) in [5, 5.41) is 0. The molecule has 0 unspecified atom stereocenters. The van der Waals surface area contributed by atoms with Crippen LogP contribution in [0.2, 0.25) is 0 Å². The molecule has 4 heteroatoms. The van der Waals surface area contributed by atoms with Crippen LogP contribution in [0, 0.1) is 5.92 Å². The fraction of sp³-hybridized carbons (Fsp3) is 0.636. The van der Waals surface area contributed by atoms with Gasteiger partial charge in [-0.05, 0) is 18.8 Å². The zero-order valence-electron chi connectivity index (χ0n) is 9.56. The molecule has 0 aliphatic heterocycles. The van der Waals surface area contributed by atoms with Gasteiger partial charge in [-0.25, -0.2) is 4.79 Å². The van der Waals surface area contributed by atoms with Gasteiger partial charge in [-0.3, -0.25) is 9.36 Å². The second-order valence-corrected chi connectivity index (χ2v) is 4.24. The lowest BCUT2D eigenvalue weighted by Gasteiger charge is -2.07. The minimum Gasteiger partial charge on any atom is -0.303 e. The molecule has 4 nitrogen and oxygen atoms in total. The molecule has 0 saturated heterocycles. The molecule has 0 N–H and O–H groups in total. The van der Waals surface area contributed by atoms with Gasteiger partial charge in [-0.2, -0.15) is 0 Å². The second kappa shape index (κ2) is 4.96. The second-order valence-electron chi connectivity index (χ2n) is 4.24. The van der Waals surface area contributed by atoms with Crippen molar-refractivity contribution >= 4 is 0 Å². The average Bonchev–Trinajstić information content (AvgIpc) is 2.17. The maximum Gasteiger partial charge on any atom is 0.330 e. The van der Waals surface area contributed by atoms with Gasteiger partial charge in [0.2, 0.25) is 0 Å². The molecular weight excluding hydrogens is 192 g/mol. The fourth-order valence-electron chi connectivity index (χ4n) is 1.48. The molecule has 0 bridgehead atoms. The fourth-order valence-corrected chi connectivity index (χ4v) is 1.48. The van der Waals surface area contributed by atoms with Crippen molar-refractivity contribution in [1.82, 2.24) is 9.13 Å². The zero-order valence-corrected chi connectivity index (χ0v) is 9.56. The number of aryl methyl sites for hydroxylation is 1. The summed E-state index contributed by atoms with van der Waals surface area (Å²) in [6.45, 7) is 4.78. The van der Waals surface area contributed by atoms with Gasteiger partial charge in [0.15, 0.2) is 0 Å². The number of hydrogen-bond acceptors (Lipinski definition) is 2. The Kier molecular flexibility index (Phi) is 3.88. The Bertz CT molecular complexity index is 429. The van der Waals surface area contributed by atoms with E-state index in [0.717, 1.165) is 12.8 Å². The smallest absolute Gasteiger partial charge is 0.303 e. The first-order valence-corrected chi connectivity index (χ1v) is 5.29.